The quantitative estimate of drug-likeness (QED) is 0.0774. The van der Waals surface area contributed by atoms with Crippen molar-refractivity contribution in [3.05, 3.63) is 112 Å². The summed E-state index contributed by atoms with van der Waals surface area (Å²) in [6.07, 6.45) is 0.0772. The predicted molar refractivity (Wildman–Crippen MR) is 133 cm³/mol. The van der Waals surface area contributed by atoms with Crippen molar-refractivity contribution in [2.75, 3.05) is 0 Å². The van der Waals surface area contributed by atoms with Gasteiger partial charge in [0.1, 0.15) is 16.9 Å². The normalized spacial score (nSPS) is 10.4. The van der Waals surface area contributed by atoms with Gasteiger partial charge in [-0.1, -0.05) is 36.4 Å². The molecule has 0 bridgehead atoms. The van der Waals surface area contributed by atoms with E-state index in [4.69, 9.17) is 14.7 Å². The molecule has 0 unspecified atom stereocenters. The Morgan fingerprint density at radius 2 is 1.47 bits per heavy atom. The van der Waals surface area contributed by atoms with Crippen molar-refractivity contribution in [1.82, 2.24) is 0 Å². The highest BCUT2D eigenvalue weighted by Crippen LogP contribution is 2.24. The molecule has 36 heavy (non-hydrogen) atoms. The summed E-state index contributed by atoms with van der Waals surface area (Å²) < 4.78 is 10.8. The van der Waals surface area contributed by atoms with E-state index in [-0.39, 0.29) is 18.5 Å². The second-order valence-electron chi connectivity index (χ2n) is 7.74. The molecule has 4 aromatic rings. The number of thiocyanates is 1. The van der Waals surface area contributed by atoms with Gasteiger partial charge in [0.25, 0.3) is 0 Å². The van der Waals surface area contributed by atoms with Gasteiger partial charge in [-0.3, -0.25) is 14.9 Å². The Hall–Kier alpha value is -4.68. The number of esters is 2. The molecule has 9 heteroatoms. The van der Waals surface area contributed by atoms with E-state index in [9.17, 15) is 19.7 Å². The van der Waals surface area contributed by atoms with Crippen LogP contribution in [0.3, 0.4) is 0 Å². The highest BCUT2D eigenvalue weighted by molar-refractivity contribution is 8.03. The number of nitro groups is 1. The van der Waals surface area contributed by atoms with E-state index in [0.29, 0.717) is 17.1 Å². The molecule has 178 valence electrons. The van der Waals surface area contributed by atoms with Crippen LogP contribution in [-0.2, 0) is 17.8 Å². The van der Waals surface area contributed by atoms with E-state index in [1.54, 1.807) is 48.5 Å². The molecule has 0 fully saturated rings. The van der Waals surface area contributed by atoms with Crippen molar-refractivity contribution in [3.8, 4) is 16.9 Å². The molecular weight excluding hydrogens is 480 g/mol. The number of benzene rings is 4. The third kappa shape index (κ3) is 6.46. The first kappa shape index (κ1) is 24.4. The predicted octanol–water partition coefficient (Wildman–Crippen LogP) is 5.56. The van der Waals surface area contributed by atoms with Crippen molar-refractivity contribution in [3.63, 3.8) is 0 Å². The lowest BCUT2D eigenvalue weighted by molar-refractivity contribution is -0.496. The van der Waals surface area contributed by atoms with Crippen molar-refractivity contribution < 1.29 is 24.0 Å². The van der Waals surface area contributed by atoms with Gasteiger partial charge >= 0.3 is 11.9 Å². The molecule has 0 aromatic heterocycles. The topological polar surface area (TPSA) is 120 Å². The van der Waals surface area contributed by atoms with Gasteiger partial charge in [-0.2, -0.15) is 5.26 Å². The number of thioether (sulfide) groups is 1. The van der Waals surface area contributed by atoms with Crippen LogP contribution >= 0.6 is 11.8 Å². The van der Waals surface area contributed by atoms with E-state index in [2.05, 4.69) is 0 Å². The lowest BCUT2D eigenvalue weighted by Crippen LogP contribution is -2.11. The highest BCUT2D eigenvalue weighted by Gasteiger charge is 2.12. The fraction of sp³-hybridized carbons (Fsp3) is 0.0741. The van der Waals surface area contributed by atoms with Gasteiger partial charge in [0.15, 0.2) is 0 Å². The van der Waals surface area contributed by atoms with Crippen molar-refractivity contribution in [1.29, 1.82) is 5.26 Å². The van der Waals surface area contributed by atoms with E-state index < -0.39 is 16.9 Å². The van der Waals surface area contributed by atoms with Gasteiger partial charge in [-0.05, 0) is 76.6 Å². The van der Waals surface area contributed by atoms with Crippen molar-refractivity contribution >= 4 is 34.5 Å². The number of fused-ring (bicyclic) bond motifs is 1. The van der Waals surface area contributed by atoms with Gasteiger partial charge < -0.3 is 9.47 Å². The Morgan fingerprint density at radius 1 is 0.833 bits per heavy atom. The van der Waals surface area contributed by atoms with Gasteiger partial charge in [0.05, 0.1) is 12.0 Å². The Labute approximate surface area is 210 Å². The Bertz CT molecular complexity index is 1480. The minimum absolute atomic E-state index is 0.0772. The number of carbonyl (C=O) groups excluding carboxylic acids is 2. The average Bonchev–Trinajstić information content (AvgIpc) is 2.85. The zero-order valence-corrected chi connectivity index (χ0v) is 19.6. The van der Waals surface area contributed by atoms with Crippen LogP contribution < -0.4 is 9.47 Å². The van der Waals surface area contributed by atoms with Crippen LogP contribution in [0.5, 0.6) is 11.5 Å². The Morgan fingerprint density at radius 3 is 2.17 bits per heavy atom. The summed E-state index contributed by atoms with van der Waals surface area (Å²) in [5.74, 6) is -0.223. The zero-order valence-electron chi connectivity index (χ0n) is 18.7. The molecular formula is C27H18N2O6S. The fourth-order valence-electron chi connectivity index (χ4n) is 3.47. The van der Waals surface area contributed by atoms with Gasteiger partial charge in [0, 0.05) is 15.4 Å². The molecule has 0 heterocycles. The molecule has 0 aliphatic heterocycles. The second kappa shape index (κ2) is 11.2. The molecule has 0 N–H and O–H groups in total. The van der Waals surface area contributed by atoms with Gasteiger partial charge in [0.2, 0.25) is 6.54 Å². The standard InChI is InChI=1S/C27H18N2O6S/c28-17-36-25-11-9-23(10-12-25)34-26(30)14-19-3-6-22-15-24(8-7-21(22)13-19)35-27(31)20-4-1-18(2-5-20)16-29(32)33/h1-13,15H,14,16H2. The van der Waals surface area contributed by atoms with E-state index in [1.165, 1.54) is 24.3 Å². The average molecular weight is 499 g/mol. The van der Waals surface area contributed by atoms with Crippen LogP contribution in [-0.4, -0.2) is 16.9 Å². The Kier molecular flexibility index (Phi) is 7.58. The number of nitrogens with zero attached hydrogens (tertiary/aromatic N) is 2. The maximum Gasteiger partial charge on any atom is 0.343 e. The number of hydrogen-bond donors (Lipinski definition) is 0. The van der Waals surface area contributed by atoms with E-state index in [1.807, 2.05) is 17.5 Å². The molecule has 0 saturated carbocycles. The summed E-state index contributed by atoms with van der Waals surface area (Å²) in [6, 6.07) is 23.4. The zero-order chi connectivity index (χ0) is 25.5. The smallest absolute Gasteiger partial charge is 0.343 e. The van der Waals surface area contributed by atoms with Crippen molar-refractivity contribution in [2.45, 2.75) is 17.9 Å². The summed E-state index contributed by atoms with van der Waals surface area (Å²) in [4.78, 5) is 35.7. The van der Waals surface area contributed by atoms with Crippen LogP contribution in [0.1, 0.15) is 21.5 Å². The number of nitriles is 1. The molecule has 0 saturated heterocycles. The number of hydrogen-bond acceptors (Lipinski definition) is 8. The number of carbonyl (C=O) groups is 2. The maximum atomic E-state index is 12.4. The molecule has 0 atom stereocenters. The molecule has 8 nitrogen and oxygen atoms in total. The van der Waals surface area contributed by atoms with E-state index >= 15 is 0 Å². The minimum atomic E-state index is -0.569. The van der Waals surface area contributed by atoms with Crippen LogP contribution in [0.4, 0.5) is 0 Å². The molecule has 4 aromatic carbocycles. The largest absolute Gasteiger partial charge is 0.426 e. The van der Waals surface area contributed by atoms with Crippen LogP contribution in [0, 0.1) is 20.8 Å². The summed E-state index contributed by atoms with van der Waals surface area (Å²) >= 11 is 1.03. The first-order valence-corrected chi connectivity index (χ1v) is 11.5. The summed E-state index contributed by atoms with van der Waals surface area (Å²) in [7, 11) is 0. The maximum absolute atomic E-state index is 12.4. The fourth-order valence-corrected chi connectivity index (χ4v) is 3.85. The molecule has 0 spiro atoms. The molecule has 0 radical (unpaired) electrons. The Balaban J connectivity index is 1.38. The first-order chi connectivity index (χ1) is 17.4. The first-order valence-electron chi connectivity index (χ1n) is 10.7. The second-order valence-corrected chi connectivity index (χ2v) is 8.59. The molecule has 0 aliphatic carbocycles. The van der Waals surface area contributed by atoms with Gasteiger partial charge in [-0.15, -0.1) is 0 Å². The van der Waals surface area contributed by atoms with Crippen LogP contribution in [0.15, 0.2) is 89.8 Å². The minimum Gasteiger partial charge on any atom is -0.426 e. The highest BCUT2D eigenvalue weighted by atomic mass is 32.2. The summed E-state index contributed by atoms with van der Waals surface area (Å²) in [5, 5.41) is 23.0. The third-order valence-corrected chi connectivity index (χ3v) is 5.75. The number of ether oxygens (including phenoxy) is 2. The van der Waals surface area contributed by atoms with Crippen molar-refractivity contribution in [2.24, 2.45) is 0 Å². The lowest BCUT2D eigenvalue weighted by atomic mass is 10.0. The van der Waals surface area contributed by atoms with Gasteiger partial charge in [-0.25, -0.2) is 4.79 Å². The molecule has 4 rings (SSSR count). The summed E-state index contributed by atoms with van der Waals surface area (Å²) in [6.45, 7) is -0.310. The van der Waals surface area contributed by atoms with Crippen LogP contribution in [0.2, 0.25) is 0 Å². The SMILES string of the molecule is N#CSc1ccc(OC(=O)Cc2ccc3cc(OC(=O)c4ccc(C[N+](=O)[O-])cc4)ccc3c2)cc1. The monoisotopic (exact) mass is 498 g/mol. The lowest BCUT2D eigenvalue weighted by Gasteiger charge is -2.08. The summed E-state index contributed by atoms with van der Waals surface area (Å²) in [5.41, 5.74) is 1.55. The number of rotatable bonds is 8. The molecule has 0 amide bonds. The molecule has 0 aliphatic rings. The third-order valence-electron chi connectivity index (χ3n) is 5.16. The van der Waals surface area contributed by atoms with E-state index in [0.717, 1.165) is 33.0 Å². The van der Waals surface area contributed by atoms with Crippen LogP contribution in [0.25, 0.3) is 10.8 Å².